The van der Waals surface area contributed by atoms with Crippen molar-refractivity contribution in [1.29, 1.82) is 5.26 Å². The average molecular weight is 340 g/mol. The van der Waals surface area contributed by atoms with Crippen molar-refractivity contribution in [3.63, 3.8) is 0 Å². The van der Waals surface area contributed by atoms with Gasteiger partial charge in [0.25, 0.3) is 5.91 Å². The van der Waals surface area contributed by atoms with Crippen molar-refractivity contribution in [3.8, 4) is 6.07 Å². The minimum Gasteiger partial charge on any atom is -0.481 e. The second kappa shape index (κ2) is 6.46. The van der Waals surface area contributed by atoms with Gasteiger partial charge in [-0.15, -0.1) is 11.3 Å². The van der Waals surface area contributed by atoms with Crippen LogP contribution in [-0.4, -0.2) is 17.0 Å². The molecule has 1 heterocycles. The molecule has 24 heavy (non-hydrogen) atoms. The first kappa shape index (κ1) is 16.2. The van der Waals surface area contributed by atoms with Crippen molar-refractivity contribution < 1.29 is 14.7 Å². The van der Waals surface area contributed by atoms with Gasteiger partial charge in [0.2, 0.25) is 0 Å². The Labute approximate surface area is 143 Å². The molecule has 0 aliphatic heterocycles. The monoisotopic (exact) mass is 340 g/mol. The van der Waals surface area contributed by atoms with E-state index < -0.39 is 11.9 Å². The number of nitriles is 1. The van der Waals surface area contributed by atoms with E-state index in [0.717, 1.165) is 23.3 Å². The summed E-state index contributed by atoms with van der Waals surface area (Å²) in [5.74, 6) is -1.87. The highest BCUT2D eigenvalue weighted by molar-refractivity contribution is 7.16. The number of nitrogens with one attached hydrogen (secondary N) is 1. The highest BCUT2D eigenvalue weighted by Gasteiger charge is 2.33. The Kier molecular flexibility index (Phi) is 4.36. The zero-order valence-electron chi connectivity index (χ0n) is 13.1. The van der Waals surface area contributed by atoms with Gasteiger partial charge in [-0.2, -0.15) is 5.26 Å². The smallest absolute Gasteiger partial charge is 0.311 e. The molecule has 0 spiro atoms. The molecule has 0 fully saturated rings. The lowest BCUT2D eigenvalue weighted by Gasteiger charge is -2.18. The third-order valence-corrected chi connectivity index (χ3v) is 5.40. The Hall–Kier alpha value is -2.65. The molecule has 3 rings (SSSR count). The molecule has 2 aromatic rings. The molecule has 2 N–H and O–H groups in total. The second-order valence-electron chi connectivity index (χ2n) is 5.86. The fourth-order valence-electron chi connectivity index (χ4n) is 2.98. The van der Waals surface area contributed by atoms with Crippen molar-refractivity contribution in [3.05, 3.63) is 51.4 Å². The lowest BCUT2D eigenvalue weighted by molar-refractivity contribution is -0.139. The molecule has 0 bridgehead atoms. The summed E-state index contributed by atoms with van der Waals surface area (Å²) in [6.45, 7) is 1.94. The highest BCUT2D eigenvalue weighted by atomic mass is 32.1. The topological polar surface area (TPSA) is 90.2 Å². The Morgan fingerprint density at radius 2 is 2.04 bits per heavy atom. The normalized spacial score (nSPS) is 16.1. The molecule has 1 unspecified atom stereocenters. The second-order valence-corrected chi connectivity index (χ2v) is 6.96. The maximum Gasteiger partial charge on any atom is 0.311 e. The van der Waals surface area contributed by atoms with E-state index in [1.165, 1.54) is 11.3 Å². The minimum absolute atomic E-state index is 0.294. The molecule has 1 aromatic heterocycles. The third kappa shape index (κ3) is 2.91. The fourth-order valence-corrected chi connectivity index (χ4v) is 4.23. The zero-order chi connectivity index (χ0) is 17.3. The van der Waals surface area contributed by atoms with Gasteiger partial charge in [-0.3, -0.25) is 9.59 Å². The molecular weight excluding hydrogens is 324 g/mol. The summed E-state index contributed by atoms with van der Waals surface area (Å²) in [5.41, 5.74) is 2.44. The van der Waals surface area contributed by atoms with Crippen LogP contribution in [0.5, 0.6) is 0 Å². The van der Waals surface area contributed by atoms with Crippen LogP contribution in [0.15, 0.2) is 24.3 Å². The number of carbonyl (C=O) groups excluding carboxylic acids is 1. The third-order valence-electron chi connectivity index (χ3n) is 4.22. The largest absolute Gasteiger partial charge is 0.481 e. The van der Waals surface area contributed by atoms with E-state index in [4.69, 9.17) is 0 Å². The lowest BCUT2D eigenvalue weighted by Crippen LogP contribution is -2.17. The molecule has 1 atom stereocenters. The van der Waals surface area contributed by atoms with Gasteiger partial charge in [-0.1, -0.05) is 17.7 Å². The maximum atomic E-state index is 12.4. The van der Waals surface area contributed by atoms with Gasteiger partial charge in [-0.05, 0) is 38.3 Å². The van der Waals surface area contributed by atoms with Crippen LogP contribution in [0, 0.1) is 18.3 Å². The number of thiophene rings is 1. The van der Waals surface area contributed by atoms with Gasteiger partial charge >= 0.3 is 5.97 Å². The fraction of sp³-hybridized carbons (Fsp3) is 0.278. The maximum absolute atomic E-state index is 12.4. The highest BCUT2D eigenvalue weighted by Crippen LogP contribution is 2.43. The Morgan fingerprint density at radius 1 is 1.33 bits per heavy atom. The van der Waals surface area contributed by atoms with Crippen molar-refractivity contribution in [2.75, 3.05) is 5.32 Å². The number of amides is 1. The van der Waals surface area contributed by atoms with E-state index >= 15 is 0 Å². The van der Waals surface area contributed by atoms with E-state index in [1.807, 2.05) is 19.1 Å². The van der Waals surface area contributed by atoms with Crippen molar-refractivity contribution in [2.45, 2.75) is 32.1 Å². The van der Waals surface area contributed by atoms with Crippen molar-refractivity contribution >= 4 is 28.2 Å². The lowest BCUT2D eigenvalue weighted by atomic mass is 9.85. The molecule has 0 saturated carbocycles. The SMILES string of the molecule is Cc1ccc(C(=O)Nc2sc3c(c2C#N)C(C(=O)O)CCC3)cc1. The van der Waals surface area contributed by atoms with Crippen LogP contribution in [0.3, 0.4) is 0 Å². The van der Waals surface area contributed by atoms with Crippen LogP contribution in [0.2, 0.25) is 0 Å². The summed E-state index contributed by atoms with van der Waals surface area (Å²) in [5, 5.41) is 22.1. The van der Waals surface area contributed by atoms with Gasteiger partial charge in [0.15, 0.2) is 0 Å². The van der Waals surface area contributed by atoms with Crippen LogP contribution in [0.1, 0.15) is 50.7 Å². The quantitative estimate of drug-likeness (QED) is 0.891. The van der Waals surface area contributed by atoms with E-state index in [9.17, 15) is 20.0 Å². The molecule has 1 aliphatic rings. The number of anilines is 1. The number of hydrogen-bond acceptors (Lipinski definition) is 4. The minimum atomic E-state index is -0.915. The number of hydrogen-bond donors (Lipinski definition) is 2. The number of carboxylic acid groups (broad SMARTS) is 1. The van der Waals surface area contributed by atoms with Gasteiger partial charge < -0.3 is 10.4 Å². The van der Waals surface area contributed by atoms with Gasteiger partial charge in [0.05, 0.1) is 11.5 Å². The van der Waals surface area contributed by atoms with Gasteiger partial charge in [-0.25, -0.2) is 0 Å². The summed E-state index contributed by atoms with van der Waals surface area (Å²) >= 11 is 1.32. The molecule has 1 amide bonds. The number of aliphatic carboxylic acids is 1. The number of nitrogens with zero attached hydrogens (tertiary/aromatic N) is 1. The molecule has 5 nitrogen and oxygen atoms in total. The first-order valence-electron chi connectivity index (χ1n) is 7.67. The predicted octanol–water partition coefficient (Wildman–Crippen LogP) is 3.69. The van der Waals surface area contributed by atoms with Crippen LogP contribution >= 0.6 is 11.3 Å². The molecule has 0 radical (unpaired) electrons. The Bertz CT molecular complexity index is 846. The number of carbonyl (C=O) groups is 2. The van der Waals surface area contributed by atoms with Gasteiger partial charge in [0.1, 0.15) is 11.1 Å². The Balaban J connectivity index is 1.95. The summed E-state index contributed by atoms with van der Waals surface area (Å²) in [4.78, 5) is 24.8. The predicted molar refractivity (Wildman–Crippen MR) is 91.5 cm³/mol. The standard InChI is InChI=1S/C18H16N2O3S/c1-10-5-7-11(8-6-10)16(21)20-17-13(9-19)15-12(18(22)23)3-2-4-14(15)24-17/h5-8,12H,2-4H2,1H3,(H,20,21)(H,22,23). The van der Waals surface area contributed by atoms with E-state index in [2.05, 4.69) is 11.4 Å². The number of fused-ring (bicyclic) bond motifs is 1. The van der Waals surface area contributed by atoms with Crippen LogP contribution in [0.25, 0.3) is 0 Å². The van der Waals surface area contributed by atoms with Gasteiger partial charge in [0, 0.05) is 16.0 Å². The van der Waals surface area contributed by atoms with Crippen molar-refractivity contribution in [2.24, 2.45) is 0 Å². The number of benzene rings is 1. The first-order valence-corrected chi connectivity index (χ1v) is 8.49. The van der Waals surface area contributed by atoms with E-state index in [1.54, 1.807) is 12.1 Å². The summed E-state index contributed by atoms with van der Waals surface area (Å²) < 4.78 is 0. The van der Waals surface area contributed by atoms with Crippen LogP contribution in [-0.2, 0) is 11.2 Å². The zero-order valence-corrected chi connectivity index (χ0v) is 13.9. The summed E-state index contributed by atoms with van der Waals surface area (Å²) in [6, 6.07) is 9.23. The molecule has 6 heteroatoms. The van der Waals surface area contributed by atoms with E-state index in [-0.39, 0.29) is 5.91 Å². The van der Waals surface area contributed by atoms with E-state index in [0.29, 0.717) is 28.1 Å². The summed E-state index contributed by atoms with van der Waals surface area (Å²) in [6.07, 6.45) is 2.05. The molecule has 0 saturated heterocycles. The number of carboxylic acids is 1. The Morgan fingerprint density at radius 3 is 2.67 bits per heavy atom. The van der Waals surface area contributed by atoms with Crippen LogP contribution in [0.4, 0.5) is 5.00 Å². The first-order chi connectivity index (χ1) is 11.5. The molecular formula is C18H16N2O3S. The van der Waals surface area contributed by atoms with Crippen molar-refractivity contribution in [1.82, 2.24) is 0 Å². The summed E-state index contributed by atoms with van der Waals surface area (Å²) in [7, 11) is 0. The van der Waals surface area contributed by atoms with Crippen LogP contribution < -0.4 is 5.32 Å². The molecule has 122 valence electrons. The average Bonchev–Trinajstić information content (AvgIpc) is 2.92. The number of rotatable bonds is 3. The molecule has 1 aromatic carbocycles. The number of aryl methyl sites for hydroxylation is 2. The molecule has 1 aliphatic carbocycles.